The highest BCUT2D eigenvalue weighted by Gasteiger charge is 2.31. The summed E-state index contributed by atoms with van der Waals surface area (Å²) >= 11 is 0. The van der Waals surface area contributed by atoms with Crippen LogP contribution in [0, 0.1) is 0 Å². The van der Waals surface area contributed by atoms with E-state index >= 15 is 0 Å². The fourth-order valence-electron chi connectivity index (χ4n) is 1.82. The van der Waals surface area contributed by atoms with Crippen molar-refractivity contribution in [2.75, 3.05) is 6.54 Å². The maximum absolute atomic E-state index is 11.9. The van der Waals surface area contributed by atoms with E-state index in [1.165, 1.54) is 0 Å². The van der Waals surface area contributed by atoms with Crippen molar-refractivity contribution in [3.8, 4) is 0 Å². The van der Waals surface area contributed by atoms with Gasteiger partial charge in [-0.1, -0.05) is 0 Å². The lowest BCUT2D eigenvalue weighted by Gasteiger charge is -2.26. The number of nitrogens with one attached hydrogen (secondary N) is 1. The molecule has 0 radical (unpaired) electrons. The van der Waals surface area contributed by atoms with Crippen LogP contribution < -0.4 is 5.32 Å². The maximum Gasteiger partial charge on any atom is 0.328 e. The minimum atomic E-state index is -0.458. The van der Waals surface area contributed by atoms with Gasteiger partial charge in [0, 0.05) is 18.5 Å². The second-order valence-electron chi connectivity index (χ2n) is 4.97. The van der Waals surface area contributed by atoms with Crippen LogP contribution in [0.3, 0.4) is 0 Å². The van der Waals surface area contributed by atoms with Gasteiger partial charge < -0.3 is 14.5 Å². The van der Waals surface area contributed by atoms with Crippen LogP contribution in [0.5, 0.6) is 0 Å². The monoisotopic (exact) mass is 223 g/mol. The quantitative estimate of drug-likeness (QED) is 0.738. The SMILES string of the molecule is CC(C)(C)OC(=O)C1NCCc2occc21. The van der Waals surface area contributed by atoms with Crippen molar-refractivity contribution in [2.45, 2.75) is 38.8 Å². The Labute approximate surface area is 95.0 Å². The third-order valence-electron chi connectivity index (χ3n) is 2.43. The summed E-state index contributed by atoms with van der Waals surface area (Å²) in [4.78, 5) is 11.9. The first-order valence-corrected chi connectivity index (χ1v) is 5.50. The van der Waals surface area contributed by atoms with Gasteiger partial charge in [0.05, 0.1) is 6.26 Å². The minimum absolute atomic E-state index is 0.241. The highest BCUT2D eigenvalue weighted by molar-refractivity contribution is 5.78. The molecule has 1 N–H and O–H groups in total. The largest absolute Gasteiger partial charge is 0.469 e. The van der Waals surface area contributed by atoms with E-state index < -0.39 is 5.60 Å². The second-order valence-corrected chi connectivity index (χ2v) is 4.97. The Morgan fingerprint density at radius 3 is 3.00 bits per heavy atom. The second kappa shape index (κ2) is 3.94. The first kappa shape index (κ1) is 11.2. The molecule has 2 rings (SSSR count). The molecule has 0 aliphatic carbocycles. The summed E-state index contributed by atoms with van der Waals surface area (Å²) in [5.41, 5.74) is 0.445. The molecule has 1 unspecified atom stereocenters. The lowest BCUT2D eigenvalue weighted by Crippen LogP contribution is -2.38. The van der Waals surface area contributed by atoms with Gasteiger partial charge in [0.2, 0.25) is 0 Å². The van der Waals surface area contributed by atoms with E-state index in [2.05, 4.69) is 5.32 Å². The van der Waals surface area contributed by atoms with Gasteiger partial charge in [-0.05, 0) is 26.8 Å². The predicted octanol–water partition coefficient (Wildman–Crippen LogP) is 1.81. The number of fused-ring (bicyclic) bond motifs is 1. The first-order chi connectivity index (χ1) is 7.47. The van der Waals surface area contributed by atoms with Gasteiger partial charge in [-0.15, -0.1) is 0 Å². The van der Waals surface area contributed by atoms with Gasteiger partial charge in [0.1, 0.15) is 17.4 Å². The number of carbonyl (C=O) groups excluding carboxylic acids is 1. The molecule has 1 aliphatic heterocycles. The summed E-state index contributed by atoms with van der Waals surface area (Å²) in [6.07, 6.45) is 2.44. The average Bonchev–Trinajstić information content (AvgIpc) is 2.61. The minimum Gasteiger partial charge on any atom is -0.469 e. The Bertz CT molecular complexity index is 389. The molecule has 0 spiro atoms. The molecular formula is C12H17NO3. The smallest absolute Gasteiger partial charge is 0.328 e. The van der Waals surface area contributed by atoms with Crippen molar-refractivity contribution in [1.29, 1.82) is 0 Å². The van der Waals surface area contributed by atoms with E-state index in [1.54, 1.807) is 6.26 Å². The van der Waals surface area contributed by atoms with E-state index in [-0.39, 0.29) is 12.0 Å². The molecule has 4 nitrogen and oxygen atoms in total. The molecule has 1 atom stereocenters. The molecule has 0 saturated carbocycles. The van der Waals surface area contributed by atoms with Crippen LogP contribution in [0.15, 0.2) is 16.7 Å². The summed E-state index contributed by atoms with van der Waals surface area (Å²) in [5, 5.41) is 3.15. The third-order valence-corrected chi connectivity index (χ3v) is 2.43. The van der Waals surface area contributed by atoms with E-state index in [9.17, 15) is 4.79 Å². The van der Waals surface area contributed by atoms with Crippen LogP contribution >= 0.6 is 0 Å². The van der Waals surface area contributed by atoms with Gasteiger partial charge in [0.15, 0.2) is 0 Å². The number of ether oxygens (including phenoxy) is 1. The highest BCUT2D eigenvalue weighted by atomic mass is 16.6. The third kappa shape index (κ3) is 2.27. The summed E-state index contributed by atoms with van der Waals surface area (Å²) < 4.78 is 10.7. The number of furan rings is 1. The molecule has 0 aromatic carbocycles. The van der Waals surface area contributed by atoms with Gasteiger partial charge in [-0.3, -0.25) is 0 Å². The Hall–Kier alpha value is -1.29. The fraction of sp³-hybridized carbons (Fsp3) is 0.583. The molecule has 16 heavy (non-hydrogen) atoms. The van der Waals surface area contributed by atoms with E-state index in [0.29, 0.717) is 0 Å². The summed E-state index contributed by atoms with van der Waals surface area (Å²) in [5.74, 6) is 0.643. The molecule has 0 saturated heterocycles. The van der Waals surface area contributed by atoms with Gasteiger partial charge in [-0.25, -0.2) is 4.79 Å². The summed E-state index contributed by atoms with van der Waals surface area (Å²) in [7, 11) is 0. The van der Waals surface area contributed by atoms with Crippen molar-refractivity contribution >= 4 is 5.97 Å². The Morgan fingerprint density at radius 2 is 2.31 bits per heavy atom. The summed E-state index contributed by atoms with van der Waals surface area (Å²) in [6, 6.07) is 1.44. The predicted molar refractivity (Wildman–Crippen MR) is 59.0 cm³/mol. The number of hydrogen-bond acceptors (Lipinski definition) is 4. The lowest BCUT2D eigenvalue weighted by molar-refractivity contribution is -0.157. The molecule has 0 amide bonds. The Morgan fingerprint density at radius 1 is 1.56 bits per heavy atom. The van der Waals surface area contributed by atoms with Crippen molar-refractivity contribution < 1.29 is 13.9 Å². The highest BCUT2D eigenvalue weighted by Crippen LogP contribution is 2.26. The zero-order valence-corrected chi connectivity index (χ0v) is 9.87. The van der Waals surface area contributed by atoms with Crippen molar-refractivity contribution in [3.05, 3.63) is 23.7 Å². The van der Waals surface area contributed by atoms with Crippen molar-refractivity contribution in [3.63, 3.8) is 0 Å². The molecule has 2 heterocycles. The van der Waals surface area contributed by atoms with Crippen LogP contribution in [0.1, 0.15) is 38.1 Å². The molecule has 0 bridgehead atoms. The van der Waals surface area contributed by atoms with Gasteiger partial charge in [0.25, 0.3) is 0 Å². The van der Waals surface area contributed by atoms with Gasteiger partial charge >= 0.3 is 5.97 Å². The Kier molecular flexibility index (Phi) is 2.76. The molecule has 1 aromatic rings. The van der Waals surface area contributed by atoms with Crippen molar-refractivity contribution in [1.82, 2.24) is 5.32 Å². The first-order valence-electron chi connectivity index (χ1n) is 5.50. The molecular weight excluding hydrogens is 206 g/mol. The topological polar surface area (TPSA) is 51.5 Å². The lowest BCUT2D eigenvalue weighted by atomic mass is 10.0. The number of carbonyl (C=O) groups is 1. The zero-order chi connectivity index (χ0) is 11.8. The molecule has 88 valence electrons. The Balaban J connectivity index is 2.15. The fourth-order valence-corrected chi connectivity index (χ4v) is 1.82. The zero-order valence-electron chi connectivity index (χ0n) is 9.87. The molecule has 4 heteroatoms. The van der Waals surface area contributed by atoms with Crippen molar-refractivity contribution in [2.24, 2.45) is 0 Å². The normalized spacial score (nSPS) is 20.3. The van der Waals surface area contributed by atoms with E-state index in [4.69, 9.17) is 9.15 Å². The van der Waals surface area contributed by atoms with E-state index in [0.717, 1.165) is 24.3 Å². The standard InChI is InChI=1S/C12H17NO3/c1-12(2,3)16-11(14)10-8-5-7-15-9(8)4-6-13-10/h5,7,10,13H,4,6H2,1-3H3. The molecule has 1 aliphatic rings. The van der Waals surface area contributed by atoms with Crippen LogP contribution in [0.4, 0.5) is 0 Å². The number of rotatable bonds is 1. The molecule has 1 aromatic heterocycles. The van der Waals surface area contributed by atoms with Crippen LogP contribution in [0.2, 0.25) is 0 Å². The van der Waals surface area contributed by atoms with Gasteiger partial charge in [-0.2, -0.15) is 0 Å². The maximum atomic E-state index is 11.9. The van der Waals surface area contributed by atoms with Crippen LogP contribution in [-0.2, 0) is 16.0 Å². The molecule has 0 fully saturated rings. The van der Waals surface area contributed by atoms with Crippen LogP contribution in [-0.4, -0.2) is 18.1 Å². The number of esters is 1. The van der Waals surface area contributed by atoms with E-state index in [1.807, 2.05) is 26.8 Å². The number of hydrogen-bond donors (Lipinski definition) is 1. The van der Waals surface area contributed by atoms with Crippen LogP contribution in [0.25, 0.3) is 0 Å². The summed E-state index contributed by atoms with van der Waals surface area (Å²) in [6.45, 7) is 6.34. The average molecular weight is 223 g/mol.